The summed E-state index contributed by atoms with van der Waals surface area (Å²) in [5.74, 6) is -7.00. The Bertz CT molecular complexity index is 704. The maximum absolute atomic E-state index is 12.5. The molecule has 4 amide bonds. The normalized spacial score (nSPS) is 15.5. The molecule has 0 aliphatic carbocycles. The van der Waals surface area contributed by atoms with Gasteiger partial charge in [-0.3, -0.25) is 24.0 Å². The molecule has 0 aromatic rings. The third kappa shape index (κ3) is 10.1. The third-order valence-corrected chi connectivity index (χ3v) is 4.73. The highest BCUT2D eigenvalue weighted by Gasteiger charge is 2.32. The Morgan fingerprint density at radius 1 is 0.903 bits per heavy atom. The fourth-order valence-electron chi connectivity index (χ4n) is 2.37. The Hall–Kier alpha value is -2.87. The first kappa shape index (κ1) is 28.1. The minimum absolute atomic E-state index is 0.222. The van der Waals surface area contributed by atoms with E-state index < -0.39 is 78.5 Å². The molecule has 14 heteroatoms. The van der Waals surface area contributed by atoms with E-state index in [4.69, 9.17) is 16.6 Å². The molecule has 0 aromatic heterocycles. The van der Waals surface area contributed by atoms with Gasteiger partial charge in [-0.1, -0.05) is 20.3 Å². The van der Waals surface area contributed by atoms with Gasteiger partial charge in [-0.15, -0.1) is 0 Å². The molecule has 0 fully saturated rings. The summed E-state index contributed by atoms with van der Waals surface area (Å²) < 4.78 is 0. The van der Waals surface area contributed by atoms with Gasteiger partial charge < -0.3 is 37.6 Å². The lowest BCUT2D eigenvalue weighted by Gasteiger charge is -2.25. The maximum Gasteiger partial charge on any atom is 0.326 e. The van der Waals surface area contributed by atoms with Crippen LogP contribution < -0.4 is 27.4 Å². The van der Waals surface area contributed by atoms with E-state index in [0.717, 1.165) is 0 Å². The van der Waals surface area contributed by atoms with Crippen LogP contribution >= 0.6 is 12.6 Å². The van der Waals surface area contributed by atoms with Gasteiger partial charge in [0.15, 0.2) is 0 Å². The minimum Gasteiger partial charge on any atom is -0.481 e. The average Bonchev–Trinajstić information content (AvgIpc) is 2.67. The molecule has 0 heterocycles. The van der Waals surface area contributed by atoms with Crippen LogP contribution in [0.1, 0.15) is 33.1 Å². The van der Waals surface area contributed by atoms with Crippen molar-refractivity contribution in [3.05, 3.63) is 0 Å². The van der Waals surface area contributed by atoms with Crippen molar-refractivity contribution in [3.63, 3.8) is 0 Å². The van der Waals surface area contributed by atoms with Crippen LogP contribution in [0.4, 0.5) is 0 Å². The van der Waals surface area contributed by atoms with E-state index in [-0.39, 0.29) is 5.75 Å². The molecule has 0 aliphatic rings. The molecule has 31 heavy (non-hydrogen) atoms. The highest BCUT2D eigenvalue weighted by Crippen LogP contribution is 2.08. The van der Waals surface area contributed by atoms with Crippen LogP contribution in [0.15, 0.2) is 0 Å². The number of hydrogen-bond donors (Lipinski definition) is 8. The van der Waals surface area contributed by atoms with Crippen molar-refractivity contribution in [1.82, 2.24) is 16.0 Å². The third-order valence-electron chi connectivity index (χ3n) is 4.36. The Labute approximate surface area is 184 Å². The molecule has 13 nitrogen and oxygen atoms in total. The predicted octanol–water partition coefficient (Wildman–Crippen LogP) is -2.82. The Morgan fingerprint density at radius 3 is 1.84 bits per heavy atom. The number of carbonyl (C=O) groups is 6. The molecule has 0 rings (SSSR count). The smallest absolute Gasteiger partial charge is 0.326 e. The fraction of sp³-hybridized carbons (Fsp3) is 0.647. The van der Waals surface area contributed by atoms with E-state index in [9.17, 15) is 33.9 Å². The van der Waals surface area contributed by atoms with E-state index >= 15 is 0 Å². The number of amides is 4. The highest BCUT2D eigenvalue weighted by molar-refractivity contribution is 7.80. The van der Waals surface area contributed by atoms with Crippen molar-refractivity contribution in [2.45, 2.75) is 57.3 Å². The first-order chi connectivity index (χ1) is 14.3. The van der Waals surface area contributed by atoms with Crippen molar-refractivity contribution in [3.8, 4) is 0 Å². The summed E-state index contributed by atoms with van der Waals surface area (Å²) in [5.41, 5.74) is 10.5. The van der Waals surface area contributed by atoms with Crippen LogP contribution in [0.2, 0.25) is 0 Å². The highest BCUT2D eigenvalue weighted by atomic mass is 32.1. The number of thiol groups is 1. The van der Waals surface area contributed by atoms with Crippen molar-refractivity contribution < 1.29 is 39.0 Å². The zero-order valence-corrected chi connectivity index (χ0v) is 18.1. The standard InChI is InChI=1S/C17H29N5O8S/c1-3-7(2)13(17(29)30)22-16(28)10(6-31)21-15(27)9(5-11(19)23)20-14(26)8(18)4-12(24)25/h7-10,13,31H,3-6,18H2,1-2H3,(H2,19,23)(H,20,26)(H,21,27)(H,22,28)(H,24,25)(H,29,30). The Balaban J connectivity index is 5.32. The summed E-state index contributed by atoms with van der Waals surface area (Å²) in [5, 5.41) is 24.7. The topological polar surface area (TPSA) is 231 Å². The first-order valence-electron chi connectivity index (χ1n) is 9.34. The second-order valence-corrected chi connectivity index (χ2v) is 7.25. The molecule has 176 valence electrons. The number of nitrogens with one attached hydrogen (secondary N) is 3. The average molecular weight is 464 g/mol. The summed E-state index contributed by atoms with van der Waals surface area (Å²) in [4.78, 5) is 70.3. The van der Waals surface area contributed by atoms with Crippen LogP contribution in [0.3, 0.4) is 0 Å². The minimum atomic E-state index is -1.54. The number of hydrogen-bond acceptors (Lipinski definition) is 8. The maximum atomic E-state index is 12.5. The number of carboxylic acid groups (broad SMARTS) is 2. The molecule has 0 saturated heterocycles. The van der Waals surface area contributed by atoms with Gasteiger partial charge in [0, 0.05) is 5.75 Å². The summed E-state index contributed by atoms with van der Waals surface area (Å²) in [7, 11) is 0. The van der Waals surface area contributed by atoms with Crippen molar-refractivity contribution in [2.24, 2.45) is 17.4 Å². The van der Waals surface area contributed by atoms with Crippen LogP contribution in [0.25, 0.3) is 0 Å². The second-order valence-electron chi connectivity index (χ2n) is 6.89. The van der Waals surface area contributed by atoms with Gasteiger partial charge in [0.1, 0.15) is 18.1 Å². The summed E-state index contributed by atoms with van der Waals surface area (Å²) in [6, 6.07) is -5.52. The summed E-state index contributed by atoms with van der Waals surface area (Å²) in [6.07, 6.45) is -0.897. The predicted molar refractivity (Wildman–Crippen MR) is 111 cm³/mol. The molecule has 9 N–H and O–H groups in total. The van der Waals surface area contributed by atoms with Gasteiger partial charge >= 0.3 is 11.9 Å². The van der Waals surface area contributed by atoms with Crippen LogP contribution in [0, 0.1) is 5.92 Å². The van der Waals surface area contributed by atoms with Crippen molar-refractivity contribution in [1.29, 1.82) is 0 Å². The summed E-state index contributed by atoms with van der Waals surface area (Å²) in [6.45, 7) is 3.38. The second kappa shape index (κ2) is 13.4. The van der Waals surface area contributed by atoms with E-state index in [2.05, 4.69) is 28.6 Å². The molecule has 5 unspecified atom stereocenters. The number of rotatable bonds is 14. The molecule has 0 radical (unpaired) electrons. The van der Waals surface area contributed by atoms with E-state index in [1.165, 1.54) is 0 Å². The number of primary amides is 1. The molecule has 0 spiro atoms. The van der Waals surface area contributed by atoms with Gasteiger partial charge in [0.25, 0.3) is 0 Å². The molecule has 5 atom stereocenters. The quantitative estimate of drug-likeness (QED) is 0.124. The molecule has 0 bridgehead atoms. The van der Waals surface area contributed by atoms with Gasteiger partial charge in [0.2, 0.25) is 23.6 Å². The number of carboxylic acids is 2. The monoisotopic (exact) mass is 463 g/mol. The van der Waals surface area contributed by atoms with Crippen LogP contribution in [0.5, 0.6) is 0 Å². The van der Waals surface area contributed by atoms with Gasteiger partial charge in [-0.25, -0.2) is 4.79 Å². The molecular weight excluding hydrogens is 434 g/mol. The van der Waals surface area contributed by atoms with Crippen LogP contribution in [-0.4, -0.2) is 75.7 Å². The van der Waals surface area contributed by atoms with Gasteiger partial charge in [0.05, 0.1) is 18.9 Å². The Kier molecular flexibility index (Phi) is 12.2. The van der Waals surface area contributed by atoms with E-state index in [1.54, 1.807) is 13.8 Å². The number of aliphatic carboxylic acids is 2. The molecule has 0 aromatic carbocycles. The zero-order chi connectivity index (χ0) is 24.3. The largest absolute Gasteiger partial charge is 0.481 e. The number of nitrogens with two attached hydrogens (primary N) is 2. The lowest BCUT2D eigenvalue weighted by atomic mass is 9.99. The van der Waals surface area contributed by atoms with Crippen molar-refractivity contribution >= 4 is 48.2 Å². The van der Waals surface area contributed by atoms with Crippen molar-refractivity contribution in [2.75, 3.05) is 5.75 Å². The van der Waals surface area contributed by atoms with E-state index in [1.807, 2.05) is 0 Å². The van der Waals surface area contributed by atoms with Gasteiger partial charge in [-0.2, -0.15) is 12.6 Å². The molecule has 0 aliphatic heterocycles. The molecule has 0 saturated carbocycles. The van der Waals surface area contributed by atoms with E-state index in [0.29, 0.717) is 6.42 Å². The van der Waals surface area contributed by atoms with Crippen LogP contribution in [-0.2, 0) is 28.8 Å². The lowest BCUT2D eigenvalue weighted by Crippen LogP contribution is -2.58. The van der Waals surface area contributed by atoms with Gasteiger partial charge in [-0.05, 0) is 5.92 Å². The number of carbonyl (C=O) groups excluding carboxylic acids is 4. The zero-order valence-electron chi connectivity index (χ0n) is 17.2. The first-order valence-corrected chi connectivity index (χ1v) is 9.97. The fourth-order valence-corrected chi connectivity index (χ4v) is 2.63. The lowest BCUT2D eigenvalue weighted by molar-refractivity contribution is -0.143. The molecular formula is C17H29N5O8S. The Morgan fingerprint density at radius 2 is 1.42 bits per heavy atom. The summed E-state index contributed by atoms with van der Waals surface area (Å²) >= 11 is 3.97. The SMILES string of the molecule is CCC(C)C(NC(=O)C(CS)NC(=O)C(CC(N)=O)NC(=O)C(N)CC(=O)O)C(=O)O.